The Morgan fingerprint density at radius 3 is 2.43 bits per heavy atom. The van der Waals surface area contributed by atoms with E-state index in [1.807, 2.05) is 6.92 Å². The molecule has 1 aromatic rings. The summed E-state index contributed by atoms with van der Waals surface area (Å²) >= 11 is 0. The van der Waals surface area contributed by atoms with Crippen LogP contribution in [0, 0.1) is 40.4 Å². The van der Waals surface area contributed by atoms with Crippen LogP contribution in [0.25, 0.3) is 0 Å². The van der Waals surface area contributed by atoms with E-state index in [-0.39, 0.29) is 60.5 Å². The zero-order valence-electron chi connectivity index (χ0n) is 30.2. The van der Waals surface area contributed by atoms with Crippen molar-refractivity contribution >= 4 is 29.4 Å². The summed E-state index contributed by atoms with van der Waals surface area (Å²) in [5.74, 6) is -3.74. The van der Waals surface area contributed by atoms with Gasteiger partial charge in [-0.3, -0.25) is 19.3 Å². The molecule has 7 fully saturated rings. The molecule has 14 atom stereocenters. The Kier molecular flexibility index (Phi) is 8.11. The van der Waals surface area contributed by atoms with Gasteiger partial charge in [0.05, 0.1) is 42.2 Å². The highest BCUT2D eigenvalue weighted by Crippen LogP contribution is 2.80. The number of piperidine rings is 1. The Balaban J connectivity index is 1.24. The largest absolute Gasteiger partial charge is 0.462 e. The molecular formula is C38H50N2O11. The molecule has 3 unspecified atom stereocenters. The lowest BCUT2D eigenvalue weighted by molar-refractivity contribution is -0.319. The second-order valence-electron chi connectivity index (χ2n) is 16.3. The summed E-state index contributed by atoms with van der Waals surface area (Å²) in [7, 11) is 4.85. The molecule has 0 aromatic heterocycles. The number of carbonyl (C=O) groups is 4. The van der Waals surface area contributed by atoms with Crippen LogP contribution in [0.4, 0.5) is 5.69 Å². The second kappa shape index (κ2) is 11.8. The lowest BCUT2D eigenvalue weighted by Crippen LogP contribution is -2.82. The molecule has 51 heavy (non-hydrogen) atoms. The molecule has 7 bridgehead atoms. The number of likely N-dealkylation sites (tertiary alicyclic amines) is 1. The van der Waals surface area contributed by atoms with Gasteiger partial charge in [-0.15, -0.1) is 0 Å². The topological polar surface area (TPSA) is 161 Å². The Hall–Kier alpha value is -2.94. The number of rotatable bonds is 9. The molecule has 7 aliphatic rings. The summed E-state index contributed by atoms with van der Waals surface area (Å²) in [6.07, 6.45) is -0.303. The van der Waals surface area contributed by atoms with Crippen LogP contribution in [0.3, 0.4) is 0 Å². The molecule has 13 nitrogen and oxygen atoms in total. The monoisotopic (exact) mass is 710 g/mol. The second-order valence-corrected chi connectivity index (χ2v) is 16.3. The smallest absolute Gasteiger partial charge is 0.340 e. The van der Waals surface area contributed by atoms with Crippen LogP contribution in [-0.2, 0) is 38.1 Å². The van der Waals surface area contributed by atoms with E-state index in [0.29, 0.717) is 32.4 Å². The van der Waals surface area contributed by atoms with Crippen molar-refractivity contribution in [3.63, 3.8) is 0 Å². The van der Waals surface area contributed by atoms with Gasteiger partial charge in [0.1, 0.15) is 17.3 Å². The number of benzene rings is 1. The molecule has 1 spiro atoms. The molecule has 2 saturated heterocycles. The fourth-order valence-electron chi connectivity index (χ4n) is 13.2. The first-order valence-electron chi connectivity index (χ1n) is 18.4. The van der Waals surface area contributed by atoms with Crippen LogP contribution in [0.1, 0.15) is 63.2 Å². The van der Waals surface area contributed by atoms with Gasteiger partial charge in [0.15, 0.2) is 0 Å². The van der Waals surface area contributed by atoms with Crippen molar-refractivity contribution < 1.29 is 53.1 Å². The predicted molar refractivity (Wildman–Crippen MR) is 179 cm³/mol. The first-order chi connectivity index (χ1) is 24.3. The Morgan fingerprint density at radius 2 is 1.80 bits per heavy atom. The molecule has 0 radical (unpaired) electrons. The number of hydrogen-bond donors (Lipinski definition) is 2. The number of fused-ring (bicyclic) bond motifs is 2. The number of hydrogen-bond acceptors (Lipinski definition) is 12. The minimum absolute atomic E-state index is 0.0201. The van der Waals surface area contributed by atoms with Crippen LogP contribution < -0.4 is 4.90 Å². The molecule has 5 saturated carbocycles. The fraction of sp³-hybridized carbons (Fsp3) is 0.737. The van der Waals surface area contributed by atoms with E-state index in [2.05, 4.69) is 4.90 Å². The Bertz CT molecular complexity index is 1650. The van der Waals surface area contributed by atoms with Crippen molar-refractivity contribution in [3.8, 4) is 0 Å². The van der Waals surface area contributed by atoms with Crippen LogP contribution in [0.5, 0.6) is 0 Å². The fourth-order valence-corrected chi connectivity index (χ4v) is 13.2. The molecule has 13 heteroatoms. The van der Waals surface area contributed by atoms with Crippen molar-refractivity contribution in [1.29, 1.82) is 0 Å². The molecule has 2 N–H and O–H groups in total. The first kappa shape index (κ1) is 35.1. The third-order valence-corrected chi connectivity index (χ3v) is 14.6. The number of likely N-dealkylation sites (N-methyl/N-ethyl adjacent to an activating group) is 1. The summed E-state index contributed by atoms with van der Waals surface area (Å²) in [4.78, 5) is 55.9. The van der Waals surface area contributed by atoms with Crippen LogP contribution in [-0.4, -0.2) is 122 Å². The Labute approximate surface area is 297 Å². The van der Waals surface area contributed by atoms with Gasteiger partial charge in [-0.1, -0.05) is 26.0 Å². The van der Waals surface area contributed by atoms with Crippen LogP contribution in [0.15, 0.2) is 24.3 Å². The van der Waals surface area contributed by atoms with E-state index in [9.17, 15) is 29.4 Å². The number of amides is 2. The van der Waals surface area contributed by atoms with Gasteiger partial charge in [0, 0.05) is 82.1 Å². The van der Waals surface area contributed by atoms with E-state index in [0.717, 1.165) is 4.90 Å². The van der Waals surface area contributed by atoms with Gasteiger partial charge < -0.3 is 33.9 Å². The summed E-state index contributed by atoms with van der Waals surface area (Å²) in [5, 5.41) is 26.7. The normalized spacial score (nSPS) is 46.4. The number of para-hydroxylation sites is 1. The van der Waals surface area contributed by atoms with Crippen molar-refractivity contribution in [3.05, 3.63) is 29.8 Å². The highest BCUT2D eigenvalue weighted by Gasteiger charge is 2.92. The summed E-state index contributed by atoms with van der Waals surface area (Å²) in [6, 6.07) is 5.95. The van der Waals surface area contributed by atoms with Gasteiger partial charge in [-0.25, -0.2) is 9.69 Å². The van der Waals surface area contributed by atoms with E-state index in [1.54, 1.807) is 52.5 Å². The number of aliphatic hydroxyl groups is 2. The molecule has 2 amide bonds. The lowest BCUT2D eigenvalue weighted by atomic mass is 9.42. The molecule has 278 valence electrons. The maximum atomic E-state index is 14.1. The number of anilines is 1. The number of nitrogens with zero attached hydrogens (tertiary/aromatic N) is 2. The van der Waals surface area contributed by atoms with Gasteiger partial charge in [-0.2, -0.15) is 0 Å². The van der Waals surface area contributed by atoms with E-state index >= 15 is 0 Å². The van der Waals surface area contributed by atoms with Crippen molar-refractivity contribution in [2.24, 2.45) is 40.4 Å². The number of methoxy groups -OCH3 is 3. The SMILES string of the molecule is CCN1C[C@]2(COC(=O)c3ccccc3N3C(=O)C[C@@H](C)C3=O)CCC(OC)C34C1[C@@](O)([C@@H](OC)[C@@H]32)[C@@]1(O)C[C@H](OC)[C@H]2C[C@@H]4[C@@H]1[C@H]2OC(C)=O. The van der Waals surface area contributed by atoms with E-state index in [4.69, 9.17) is 23.7 Å². The molecule has 2 aliphatic heterocycles. The molecule has 8 rings (SSSR count). The van der Waals surface area contributed by atoms with Gasteiger partial charge in [-0.05, 0) is 43.9 Å². The predicted octanol–water partition coefficient (Wildman–Crippen LogP) is 1.95. The summed E-state index contributed by atoms with van der Waals surface area (Å²) in [5.41, 5.74) is -4.72. The minimum atomic E-state index is -1.82. The standard InChI is InChI=1S/C38H50N2O11/c1-7-39-17-35(18-50-33(44)21-10-8-9-11-24(21)40-27(42)14-19(2)32(40)43)13-12-26(48-5)37-23-15-22-25(47-4)16-36(45,28(23)29(22)51-20(3)41)38(46,34(37)39)31(49-6)30(35)37/h8-11,19,22-23,25-26,28-31,34,45-46H,7,12-18H2,1-6H3/t19-,22-,23-,25+,26?,28-,29+,30-,31+,34?,35+,36-,37?,38+/m1/s1. The van der Waals surface area contributed by atoms with Crippen molar-refractivity contribution in [1.82, 2.24) is 4.90 Å². The van der Waals surface area contributed by atoms with Gasteiger partial charge >= 0.3 is 11.9 Å². The van der Waals surface area contributed by atoms with E-state index < -0.39 is 76.1 Å². The molecule has 2 heterocycles. The highest BCUT2D eigenvalue weighted by atomic mass is 16.6. The summed E-state index contributed by atoms with van der Waals surface area (Å²) in [6.45, 7) is 6.10. The minimum Gasteiger partial charge on any atom is -0.462 e. The van der Waals surface area contributed by atoms with Crippen molar-refractivity contribution in [2.45, 2.75) is 94.5 Å². The number of esters is 2. The number of ether oxygens (including phenoxy) is 5. The quantitative estimate of drug-likeness (QED) is 0.284. The van der Waals surface area contributed by atoms with Crippen LogP contribution >= 0.6 is 0 Å². The van der Waals surface area contributed by atoms with Gasteiger partial charge in [0.25, 0.3) is 0 Å². The maximum Gasteiger partial charge on any atom is 0.340 e. The summed E-state index contributed by atoms with van der Waals surface area (Å²) < 4.78 is 31.1. The zero-order valence-corrected chi connectivity index (χ0v) is 30.2. The van der Waals surface area contributed by atoms with Crippen molar-refractivity contribution in [2.75, 3.05) is 45.9 Å². The number of carbonyl (C=O) groups excluding carboxylic acids is 4. The number of imide groups is 1. The lowest BCUT2D eigenvalue weighted by Gasteiger charge is -2.70. The van der Waals surface area contributed by atoms with E-state index in [1.165, 1.54) is 6.92 Å². The van der Waals surface area contributed by atoms with Crippen LogP contribution in [0.2, 0.25) is 0 Å². The zero-order chi connectivity index (χ0) is 36.4. The van der Waals surface area contributed by atoms with Gasteiger partial charge in [0.2, 0.25) is 11.8 Å². The third kappa shape index (κ3) is 4.19. The molecular weight excluding hydrogens is 660 g/mol. The average Bonchev–Trinajstić information content (AvgIpc) is 3.61. The molecule has 5 aliphatic carbocycles. The highest BCUT2D eigenvalue weighted by molar-refractivity contribution is 6.22. The Morgan fingerprint density at radius 1 is 1.06 bits per heavy atom. The molecule has 1 aromatic carbocycles. The average molecular weight is 711 g/mol. The maximum absolute atomic E-state index is 14.1. The first-order valence-corrected chi connectivity index (χ1v) is 18.4. The third-order valence-electron chi connectivity index (χ3n) is 14.6.